The number of carbonyl (C=O) groups excluding carboxylic acids is 1. The van der Waals surface area contributed by atoms with Gasteiger partial charge in [-0.15, -0.1) is 5.10 Å². The largest absolute Gasteiger partial charge is 0.416 e. The average Bonchev–Trinajstić information content (AvgIpc) is 3.05. The molecule has 0 saturated carbocycles. The second kappa shape index (κ2) is 6.84. The van der Waals surface area contributed by atoms with E-state index in [0.717, 1.165) is 12.1 Å². The highest BCUT2D eigenvalue weighted by molar-refractivity contribution is 6.15. The van der Waals surface area contributed by atoms with Crippen LogP contribution in [0.15, 0.2) is 53.5 Å². The third-order valence-corrected chi connectivity index (χ3v) is 4.50. The standard InChI is InChI=1S/C20H16F3N5O/c1-27(2)19(29)18-25-16-11-24-17(12-6-4-3-5-7-12)14-10-13(20(21,22)23)8-9-15(14)28(16)26-18/h3-10H,11H2,1-2H3. The van der Waals surface area contributed by atoms with E-state index in [2.05, 4.69) is 15.1 Å². The topological polar surface area (TPSA) is 63.4 Å². The molecule has 1 aliphatic rings. The van der Waals surface area contributed by atoms with E-state index in [9.17, 15) is 18.0 Å². The van der Waals surface area contributed by atoms with Gasteiger partial charge in [0, 0.05) is 25.2 Å². The summed E-state index contributed by atoms with van der Waals surface area (Å²) in [7, 11) is 3.15. The number of alkyl halides is 3. The maximum atomic E-state index is 13.4. The summed E-state index contributed by atoms with van der Waals surface area (Å²) in [6.07, 6.45) is -4.50. The van der Waals surface area contributed by atoms with Crippen LogP contribution in [0.1, 0.15) is 33.1 Å². The fourth-order valence-electron chi connectivity index (χ4n) is 3.09. The Hall–Kier alpha value is -3.49. The normalized spacial score (nSPS) is 13.2. The second-order valence-electron chi connectivity index (χ2n) is 6.72. The molecule has 6 nitrogen and oxygen atoms in total. The van der Waals surface area contributed by atoms with Crippen LogP contribution in [-0.2, 0) is 12.7 Å². The third kappa shape index (κ3) is 3.39. The lowest BCUT2D eigenvalue weighted by Gasteiger charge is -2.14. The molecule has 0 saturated heterocycles. The number of hydrogen-bond donors (Lipinski definition) is 0. The molecule has 1 aromatic heterocycles. The highest BCUT2D eigenvalue weighted by Crippen LogP contribution is 2.33. The highest BCUT2D eigenvalue weighted by atomic mass is 19.4. The molecule has 0 spiro atoms. The lowest BCUT2D eigenvalue weighted by Crippen LogP contribution is -2.23. The van der Waals surface area contributed by atoms with Gasteiger partial charge in [0.1, 0.15) is 0 Å². The van der Waals surface area contributed by atoms with Gasteiger partial charge in [0.15, 0.2) is 5.82 Å². The molecule has 0 aliphatic carbocycles. The number of hydrogen-bond acceptors (Lipinski definition) is 4. The van der Waals surface area contributed by atoms with Crippen molar-refractivity contribution in [3.63, 3.8) is 0 Å². The van der Waals surface area contributed by atoms with Gasteiger partial charge in [-0.2, -0.15) is 13.2 Å². The quantitative estimate of drug-likeness (QED) is 0.664. The van der Waals surface area contributed by atoms with Gasteiger partial charge in [-0.05, 0) is 18.2 Å². The maximum absolute atomic E-state index is 13.4. The Balaban J connectivity index is 1.94. The number of rotatable bonds is 2. The molecule has 3 aromatic rings. The zero-order valence-corrected chi connectivity index (χ0v) is 15.6. The summed E-state index contributed by atoms with van der Waals surface area (Å²) in [5, 5.41) is 4.25. The van der Waals surface area contributed by atoms with E-state index in [4.69, 9.17) is 0 Å². The Morgan fingerprint density at radius 2 is 1.83 bits per heavy atom. The minimum atomic E-state index is -4.50. The summed E-state index contributed by atoms with van der Waals surface area (Å²) in [6, 6.07) is 12.4. The van der Waals surface area contributed by atoms with Crippen molar-refractivity contribution in [2.75, 3.05) is 14.1 Å². The number of aliphatic imine (C=N–C) groups is 1. The molecule has 29 heavy (non-hydrogen) atoms. The predicted octanol–water partition coefficient (Wildman–Crippen LogP) is 3.34. The smallest absolute Gasteiger partial charge is 0.342 e. The number of halogens is 3. The fourth-order valence-corrected chi connectivity index (χ4v) is 3.09. The van der Waals surface area contributed by atoms with Crippen LogP contribution in [0.3, 0.4) is 0 Å². The lowest BCUT2D eigenvalue weighted by atomic mass is 9.98. The van der Waals surface area contributed by atoms with Crippen LogP contribution in [-0.4, -0.2) is 45.4 Å². The zero-order valence-electron chi connectivity index (χ0n) is 15.6. The number of aromatic nitrogens is 3. The average molecular weight is 399 g/mol. The highest BCUT2D eigenvalue weighted by Gasteiger charge is 2.33. The second-order valence-corrected chi connectivity index (χ2v) is 6.72. The Morgan fingerprint density at radius 1 is 1.10 bits per heavy atom. The predicted molar refractivity (Wildman–Crippen MR) is 100 cm³/mol. The van der Waals surface area contributed by atoms with E-state index < -0.39 is 17.6 Å². The molecule has 9 heteroatoms. The molecule has 4 rings (SSSR count). The molecule has 0 unspecified atom stereocenters. The van der Waals surface area contributed by atoms with Crippen LogP contribution in [0, 0.1) is 0 Å². The van der Waals surface area contributed by atoms with Gasteiger partial charge >= 0.3 is 6.18 Å². The SMILES string of the molecule is CN(C)C(=O)c1nc2n(n1)-c1ccc(C(F)(F)F)cc1C(c1ccccc1)=NC2. The molecule has 1 amide bonds. The molecule has 0 atom stereocenters. The Labute approximate surface area is 164 Å². The van der Waals surface area contributed by atoms with Crippen LogP contribution in [0.5, 0.6) is 0 Å². The van der Waals surface area contributed by atoms with Crippen molar-refractivity contribution in [3.05, 3.63) is 76.9 Å². The summed E-state index contributed by atoms with van der Waals surface area (Å²) in [4.78, 5) is 22.3. The molecule has 0 fully saturated rings. The van der Waals surface area contributed by atoms with E-state index in [1.807, 2.05) is 6.07 Å². The van der Waals surface area contributed by atoms with Gasteiger partial charge in [0.2, 0.25) is 5.82 Å². The maximum Gasteiger partial charge on any atom is 0.416 e. The Morgan fingerprint density at radius 3 is 2.48 bits per heavy atom. The zero-order chi connectivity index (χ0) is 20.8. The van der Waals surface area contributed by atoms with Gasteiger partial charge in [0.05, 0.1) is 23.5 Å². The van der Waals surface area contributed by atoms with Crippen LogP contribution >= 0.6 is 0 Å². The molecule has 0 bridgehead atoms. The van der Waals surface area contributed by atoms with Crippen LogP contribution in [0.25, 0.3) is 5.69 Å². The van der Waals surface area contributed by atoms with Crippen LogP contribution in [0.2, 0.25) is 0 Å². The van der Waals surface area contributed by atoms with Crippen molar-refractivity contribution in [3.8, 4) is 5.69 Å². The molecule has 2 aromatic carbocycles. The number of benzene rings is 2. The number of fused-ring (bicyclic) bond motifs is 3. The Kier molecular flexibility index (Phi) is 4.45. The van der Waals surface area contributed by atoms with E-state index in [0.29, 0.717) is 22.8 Å². The third-order valence-electron chi connectivity index (χ3n) is 4.50. The first-order valence-corrected chi connectivity index (χ1v) is 8.75. The number of carbonyl (C=O) groups is 1. The summed E-state index contributed by atoms with van der Waals surface area (Å²) < 4.78 is 41.5. The van der Waals surface area contributed by atoms with Crippen molar-refractivity contribution in [2.24, 2.45) is 4.99 Å². The minimum Gasteiger partial charge on any atom is -0.342 e. The Bertz CT molecular complexity index is 1120. The lowest BCUT2D eigenvalue weighted by molar-refractivity contribution is -0.137. The summed E-state index contributed by atoms with van der Waals surface area (Å²) in [5.74, 6) is -0.0531. The number of amides is 1. The van der Waals surface area contributed by atoms with Crippen molar-refractivity contribution >= 4 is 11.6 Å². The summed E-state index contributed by atoms with van der Waals surface area (Å²) in [6.45, 7) is 0.0773. The summed E-state index contributed by atoms with van der Waals surface area (Å²) in [5.41, 5.74) is 0.980. The molecule has 0 N–H and O–H groups in total. The minimum absolute atomic E-state index is 0.0331. The van der Waals surface area contributed by atoms with Crippen molar-refractivity contribution < 1.29 is 18.0 Å². The van der Waals surface area contributed by atoms with E-state index in [-0.39, 0.29) is 17.9 Å². The first-order chi connectivity index (χ1) is 13.8. The van der Waals surface area contributed by atoms with E-state index >= 15 is 0 Å². The van der Waals surface area contributed by atoms with Gasteiger partial charge < -0.3 is 4.90 Å². The van der Waals surface area contributed by atoms with Crippen molar-refractivity contribution in [2.45, 2.75) is 12.7 Å². The first kappa shape index (κ1) is 18.9. The number of nitrogens with zero attached hydrogens (tertiary/aromatic N) is 5. The molecule has 0 radical (unpaired) electrons. The van der Waals surface area contributed by atoms with Gasteiger partial charge in [-0.3, -0.25) is 9.79 Å². The van der Waals surface area contributed by atoms with E-state index in [1.54, 1.807) is 38.4 Å². The van der Waals surface area contributed by atoms with E-state index in [1.165, 1.54) is 15.6 Å². The molecule has 1 aliphatic heterocycles. The van der Waals surface area contributed by atoms with Crippen LogP contribution < -0.4 is 0 Å². The van der Waals surface area contributed by atoms with Crippen molar-refractivity contribution in [1.82, 2.24) is 19.7 Å². The monoisotopic (exact) mass is 399 g/mol. The van der Waals surface area contributed by atoms with Crippen LogP contribution in [0.4, 0.5) is 13.2 Å². The van der Waals surface area contributed by atoms with Crippen molar-refractivity contribution in [1.29, 1.82) is 0 Å². The van der Waals surface area contributed by atoms with Gasteiger partial charge in [-0.25, -0.2) is 9.67 Å². The molecular formula is C20H16F3N5O. The fraction of sp³-hybridized carbons (Fsp3) is 0.200. The summed E-state index contributed by atoms with van der Waals surface area (Å²) >= 11 is 0. The van der Waals surface area contributed by atoms with Gasteiger partial charge in [0.25, 0.3) is 5.91 Å². The molecule has 2 heterocycles. The first-order valence-electron chi connectivity index (χ1n) is 8.75. The molecule has 148 valence electrons. The molecular weight excluding hydrogens is 383 g/mol. The van der Waals surface area contributed by atoms with Gasteiger partial charge in [-0.1, -0.05) is 30.3 Å².